The highest BCUT2D eigenvalue weighted by Crippen LogP contribution is 2.20. The molecule has 6 heteroatoms. The lowest BCUT2D eigenvalue weighted by molar-refractivity contribution is -0.142. The van der Waals surface area contributed by atoms with Crippen molar-refractivity contribution >= 4 is 17.8 Å². The minimum atomic E-state index is -1.06. The molecule has 0 fully saturated rings. The molecule has 0 rings (SSSR count). The van der Waals surface area contributed by atoms with E-state index in [1.807, 2.05) is 34.6 Å². The number of amides is 2. The number of hydrogen-bond acceptors (Lipinski definition) is 3. The van der Waals surface area contributed by atoms with E-state index in [0.29, 0.717) is 12.8 Å². The zero-order chi connectivity index (χ0) is 16.6. The monoisotopic (exact) mass is 300 g/mol. The number of carbonyl (C=O) groups is 3. The Morgan fingerprint density at radius 3 is 2.10 bits per heavy atom. The third-order valence-corrected chi connectivity index (χ3v) is 2.89. The first-order valence-corrected chi connectivity index (χ1v) is 7.30. The normalized spacial score (nSPS) is 12.9. The maximum atomic E-state index is 11.7. The van der Waals surface area contributed by atoms with Crippen LogP contribution in [0.2, 0.25) is 0 Å². The number of carboxylic acid groups (broad SMARTS) is 1. The van der Waals surface area contributed by atoms with Gasteiger partial charge in [0.1, 0.15) is 6.04 Å². The molecule has 3 N–H and O–H groups in total. The van der Waals surface area contributed by atoms with Crippen LogP contribution in [0.4, 0.5) is 0 Å². The molecular weight excluding hydrogens is 272 g/mol. The van der Waals surface area contributed by atoms with E-state index in [0.717, 1.165) is 6.42 Å². The standard InChI is InChI=1S/C15H28N2O4/c1-10(2)8-11(14(20)21)17-13(19)9-16-12(18)6-7-15(3,4)5/h10-11H,6-9H2,1-5H3,(H,16,18)(H,17,19)(H,20,21)/t11-/m0/s1. The Bertz CT molecular complexity index is 372. The summed E-state index contributed by atoms with van der Waals surface area (Å²) in [6.07, 6.45) is 1.44. The van der Waals surface area contributed by atoms with E-state index in [4.69, 9.17) is 5.11 Å². The number of carboxylic acids is 1. The molecule has 0 aliphatic rings. The molecule has 122 valence electrons. The van der Waals surface area contributed by atoms with Crippen LogP contribution in [0.25, 0.3) is 0 Å². The highest BCUT2D eigenvalue weighted by molar-refractivity contribution is 5.87. The average molecular weight is 300 g/mol. The molecule has 21 heavy (non-hydrogen) atoms. The van der Waals surface area contributed by atoms with Crippen LogP contribution in [0.1, 0.15) is 53.9 Å². The van der Waals surface area contributed by atoms with Crippen molar-refractivity contribution in [3.63, 3.8) is 0 Å². The zero-order valence-electron chi connectivity index (χ0n) is 13.7. The van der Waals surface area contributed by atoms with Gasteiger partial charge in [-0.3, -0.25) is 9.59 Å². The SMILES string of the molecule is CC(C)C[C@H](NC(=O)CNC(=O)CCC(C)(C)C)C(=O)O. The largest absolute Gasteiger partial charge is 0.480 e. The Hall–Kier alpha value is -1.59. The van der Waals surface area contributed by atoms with Crippen molar-refractivity contribution in [2.75, 3.05) is 6.54 Å². The summed E-state index contributed by atoms with van der Waals surface area (Å²) in [5.41, 5.74) is 0.0608. The third-order valence-electron chi connectivity index (χ3n) is 2.89. The fourth-order valence-electron chi connectivity index (χ4n) is 1.69. The molecule has 0 aliphatic heterocycles. The first-order valence-electron chi connectivity index (χ1n) is 7.30. The van der Waals surface area contributed by atoms with Gasteiger partial charge in [0, 0.05) is 6.42 Å². The highest BCUT2D eigenvalue weighted by Gasteiger charge is 2.21. The van der Waals surface area contributed by atoms with Crippen molar-refractivity contribution in [2.45, 2.75) is 59.9 Å². The van der Waals surface area contributed by atoms with E-state index in [-0.39, 0.29) is 23.8 Å². The summed E-state index contributed by atoms with van der Waals surface area (Å²) in [7, 11) is 0. The lowest BCUT2D eigenvalue weighted by Gasteiger charge is -2.18. The van der Waals surface area contributed by atoms with E-state index in [9.17, 15) is 14.4 Å². The van der Waals surface area contributed by atoms with Crippen molar-refractivity contribution in [1.29, 1.82) is 0 Å². The van der Waals surface area contributed by atoms with Crippen molar-refractivity contribution in [3.05, 3.63) is 0 Å². The molecule has 0 aliphatic carbocycles. The quantitative estimate of drug-likeness (QED) is 0.633. The van der Waals surface area contributed by atoms with Gasteiger partial charge in [-0.1, -0.05) is 34.6 Å². The molecule has 0 bridgehead atoms. The van der Waals surface area contributed by atoms with Gasteiger partial charge in [-0.25, -0.2) is 4.79 Å². The summed E-state index contributed by atoms with van der Waals surface area (Å²) < 4.78 is 0. The van der Waals surface area contributed by atoms with Gasteiger partial charge in [-0.05, 0) is 24.2 Å². The summed E-state index contributed by atoms with van der Waals surface area (Å²) in [5, 5.41) is 14.0. The fraction of sp³-hybridized carbons (Fsp3) is 0.800. The van der Waals surface area contributed by atoms with Gasteiger partial charge in [0.2, 0.25) is 11.8 Å². The number of aliphatic carboxylic acids is 1. The molecular formula is C15H28N2O4. The van der Waals surface area contributed by atoms with Gasteiger partial charge in [0.05, 0.1) is 6.54 Å². The first kappa shape index (κ1) is 19.4. The molecule has 0 aromatic rings. The highest BCUT2D eigenvalue weighted by atomic mass is 16.4. The predicted octanol–water partition coefficient (Wildman–Crippen LogP) is 1.54. The molecule has 0 saturated carbocycles. The summed E-state index contributed by atoms with van der Waals surface area (Å²) >= 11 is 0. The van der Waals surface area contributed by atoms with Gasteiger partial charge < -0.3 is 15.7 Å². The van der Waals surface area contributed by atoms with Crippen LogP contribution in [0.5, 0.6) is 0 Å². The van der Waals surface area contributed by atoms with E-state index < -0.39 is 17.9 Å². The van der Waals surface area contributed by atoms with Crippen molar-refractivity contribution in [2.24, 2.45) is 11.3 Å². The van der Waals surface area contributed by atoms with Crippen LogP contribution < -0.4 is 10.6 Å². The second kappa shape index (κ2) is 8.64. The van der Waals surface area contributed by atoms with Crippen molar-refractivity contribution < 1.29 is 19.5 Å². The molecule has 6 nitrogen and oxygen atoms in total. The Kier molecular flexibility index (Phi) is 7.99. The van der Waals surface area contributed by atoms with E-state index in [1.54, 1.807) is 0 Å². The second-order valence-corrected chi connectivity index (χ2v) is 6.93. The van der Waals surface area contributed by atoms with Gasteiger partial charge >= 0.3 is 5.97 Å². The van der Waals surface area contributed by atoms with Crippen LogP contribution in [0, 0.1) is 11.3 Å². The minimum Gasteiger partial charge on any atom is -0.480 e. The number of carbonyl (C=O) groups excluding carboxylic acids is 2. The van der Waals surface area contributed by atoms with Crippen LogP contribution in [0.3, 0.4) is 0 Å². The van der Waals surface area contributed by atoms with Crippen molar-refractivity contribution in [3.8, 4) is 0 Å². The minimum absolute atomic E-state index is 0.0608. The number of hydrogen-bond donors (Lipinski definition) is 3. The van der Waals surface area contributed by atoms with Crippen molar-refractivity contribution in [1.82, 2.24) is 10.6 Å². The Labute approximate surface area is 126 Å². The Morgan fingerprint density at radius 2 is 1.67 bits per heavy atom. The maximum absolute atomic E-state index is 11.7. The molecule has 0 unspecified atom stereocenters. The van der Waals surface area contributed by atoms with Gasteiger partial charge in [0.25, 0.3) is 0 Å². The second-order valence-electron chi connectivity index (χ2n) is 6.93. The summed E-state index contributed by atoms with van der Waals surface area (Å²) in [4.78, 5) is 34.3. The Morgan fingerprint density at radius 1 is 1.10 bits per heavy atom. The van der Waals surface area contributed by atoms with Crippen LogP contribution >= 0.6 is 0 Å². The average Bonchev–Trinajstić information content (AvgIpc) is 2.31. The maximum Gasteiger partial charge on any atom is 0.326 e. The first-order chi connectivity index (χ1) is 9.51. The molecule has 2 amide bonds. The van der Waals surface area contributed by atoms with E-state index >= 15 is 0 Å². The van der Waals surface area contributed by atoms with Crippen LogP contribution in [0.15, 0.2) is 0 Å². The molecule has 0 aromatic carbocycles. The van der Waals surface area contributed by atoms with Gasteiger partial charge in [-0.15, -0.1) is 0 Å². The summed E-state index contributed by atoms with van der Waals surface area (Å²) in [5.74, 6) is -1.58. The van der Waals surface area contributed by atoms with Crippen LogP contribution in [-0.4, -0.2) is 35.5 Å². The van der Waals surface area contributed by atoms with Gasteiger partial charge in [-0.2, -0.15) is 0 Å². The van der Waals surface area contributed by atoms with Crippen LogP contribution in [-0.2, 0) is 14.4 Å². The summed E-state index contributed by atoms with van der Waals surface area (Å²) in [6, 6.07) is -0.913. The molecule has 0 saturated heterocycles. The third kappa shape index (κ3) is 10.8. The molecule has 1 atom stereocenters. The fourth-order valence-corrected chi connectivity index (χ4v) is 1.69. The Balaban J connectivity index is 4.13. The smallest absolute Gasteiger partial charge is 0.326 e. The summed E-state index contributed by atoms with van der Waals surface area (Å²) in [6.45, 7) is 9.70. The lowest BCUT2D eigenvalue weighted by atomic mass is 9.90. The molecule has 0 radical (unpaired) electrons. The van der Waals surface area contributed by atoms with E-state index in [2.05, 4.69) is 10.6 Å². The predicted molar refractivity (Wildman–Crippen MR) is 80.7 cm³/mol. The van der Waals surface area contributed by atoms with Gasteiger partial charge in [0.15, 0.2) is 0 Å². The molecule has 0 heterocycles. The van der Waals surface area contributed by atoms with E-state index in [1.165, 1.54) is 0 Å². The topological polar surface area (TPSA) is 95.5 Å². The molecule has 0 spiro atoms. The zero-order valence-corrected chi connectivity index (χ0v) is 13.7. The lowest BCUT2D eigenvalue weighted by Crippen LogP contribution is -2.46. The number of nitrogens with one attached hydrogen (secondary N) is 2. The number of rotatable bonds is 8. The molecule has 0 aromatic heterocycles.